The fourth-order valence-corrected chi connectivity index (χ4v) is 2.92. The molecule has 4 nitrogen and oxygen atoms in total. The molecule has 1 atom stereocenters. The summed E-state index contributed by atoms with van der Waals surface area (Å²) in [5.41, 5.74) is 1.60. The Kier molecular flexibility index (Phi) is 4.93. The molecule has 0 fully saturated rings. The van der Waals surface area contributed by atoms with Crippen LogP contribution in [0.5, 0.6) is 0 Å². The molecule has 0 aliphatic heterocycles. The predicted octanol–water partition coefficient (Wildman–Crippen LogP) is 2.62. The summed E-state index contributed by atoms with van der Waals surface area (Å²) in [5.74, 6) is -0.118. The molecule has 0 aliphatic rings. The van der Waals surface area contributed by atoms with Crippen molar-refractivity contribution < 1.29 is 4.79 Å². The van der Waals surface area contributed by atoms with Crippen LogP contribution in [0.25, 0.3) is 0 Å². The van der Waals surface area contributed by atoms with Crippen molar-refractivity contribution in [3.8, 4) is 0 Å². The van der Waals surface area contributed by atoms with E-state index in [9.17, 15) is 4.79 Å². The Hall–Kier alpha value is -1.40. The minimum absolute atomic E-state index is 0.0520. The van der Waals surface area contributed by atoms with Gasteiger partial charge in [0, 0.05) is 23.8 Å². The van der Waals surface area contributed by atoms with E-state index in [1.54, 1.807) is 23.3 Å². The van der Waals surface area contributed by atoms with Gasteiger partial charge in [-0.2, -0.15) is 0 Å². The first-order valence-corrected chi connectivity index (χ1v) is 7.98. The van der Waals surface area contributed by atoms with Crippen molar-refractivity contribution in [1.29, 1.82) is 0 Å². The van der Waals surface area contributed by atoms with E-state index in [4.69, 9.17) is 0 Å². The highest BCUT2D eigenvalue weighted by molar-refractivity contribution is 8.00. The van der Waals surface area contributed by atoms with E-state index in [2.05, 4.69) is 15.3 Å². The van der Waals surface area contributed by atoms with Crippen molar-refractivity contribution in [2.45, 2.75) is 23.7 Å². The van der Waals surface area contributed by atoms with Crippen molar-refractivity contribution >= 4 is 29.0 Å². The third-order valence-corrected chi connectivity index (χ3v) is 4.40. The lowest BCUT2D eigenvalue weighted by Crippen LogP contribution is -2.34. The topological polar surface area (TPSA) is 54.9 Å². The Morgan fingerprint density at radius 2 is 2.42 bits per heavy atom. The number of hydrogen-bond donors (Lipinski definition) is 1. The van der Waals surface area contributed by atoms with Gasteiger partial charge in [-0.25, -0.2) is 4.98 Å². The number of carbonyl (C=O) groups is 1. The molecule has 100 valence electrons. The summed E-state index contributed by atoms with van der Waals surface area (Å²) in [4.78, 5) is 20.3. The first-order chi connectivity index (χ1) is 9.19. The van der Waals surface area contributed by atoms with E-state index in [0.29, 0.717) is 5.69 Å². The van der Waals surface area contributed by atoms with Crippen molar-refractivity contribution in [2.24, 2.45) is 0 Å². The molecule has 0 saturated heterocycles. The smallest absolute Gasteiger partial charge is 0.271 e. The SMILES string of the molecule is CSc1nc(C(=O)NC(C)Cc2cccnc2)cs1. The fraction of sp³-hybridized carbons (Fsp3) is 0.308. The lowest BCUT2D eigenvalue weighted by molar-refractivity contribution is 0.0935. The molecule has 6 heteroatoms. The average molecular weight is 293 g/mol. The van der Waals surface area contributed by atoms with E-state index < -0.39 is 0 Å². The minimum atomic E-state index is -0.118. The maximum atomic E-state index is 12.0. The number of thioether (sulfide) groups is 1. The molecule has 0 aromatic carbocycles. The lowest BCUT2D eigenvalue weighted by atomic mass is 10.1. The Morgan fingerprint density at radius 1 is 1.58 bits per heavy atom. The summed E-state index contributed by atoms with van der Waals surface area (Å²) >= 11 is 3.04. The number of amides is 1. The third-order valence-electron chi connectivity index (χ3n) is 2.53. The van der Waals surface area contributed by atoms with Crippen LogP contribution in [0.2, 0.25) is 0 Å². The lowest BCUT2D eigenvalue weighted by Gasteiger charge is -2.12. The second kappa shape index (κ2) is 6.68. The molecule has 19 heavy (non-hydrogen) atoms. The summed E-state index contributed by atoms with van der Waals surface area (Å²) < 4.78 is 0.907. The number of nitrogens with one attached hydrogen (secondary N) is 1. The van der Waals surface area contributed by atoms with E-state index in [-0.39, 0.29) is 11.9 Å². The van der Waals surface area contributed by atoms with Gasteiger partial charge in [0.15, 0.2) is 0 Å². The summed E-state index contributed by atoms with van der Waals surface area (Å²) in [5, 5.41) is 4.74. The van der Waals surface area contributed by atoms with Crippen molar-refractivity contribution in [1.82, 2.24) is 15.3 Å². The molecular formula is C13H15N3OS2. The molecule has 1 N–H and O–H groups in total. The molecule has 2 aromatic rings. The molecule has 2 aromatic heterocycles. The maximum Gasteiger partial charge on any atom is 0.271 e. The second-order valence-corrected chi connectivity index (χ2v) is 6.05. The zero-order valence-corrected chi connectivity index (χ0v) is 12.4. The monoisotopic (exact) mass is 293 g/mol. The Morgan fingerprint density at radius 3 is 3.05 bits per heavy atom. The van der Waals surface area contributed by atoms with Gasteiger partial charge in [-0.05, 0) is 31.2 Å². The Balaban J connectivity index is 1.91. The van der Waals surface area contributed by atoms with Crippen LogP contribution in [0.3, 0.4) is 0 Å². The van der Waals surface area contributed by atoms with Crippen LogP contribution in [0.1, 0.15) is 23.0 Å². The largest absolute Gasteiger partial charge is 0.348 e. The predicted molar refractivity (Wildman–Crippen MR) is 78.8 cm³/mol. The van der Waals surface area contributed by atoms with Crippen LogP contribution in [0.15, 0.2) is 34.2 Å². The Labute approximate surface area is 120 Å². The van der Waals surface area contributed by atoms with Crippen LogP contribution in [-0.2, 0) is 6.42 Å². The maximum absolute atomic E-state index is 12.0. The minimum Gasteiger partial charge on any atom is -0.348 e. The van der Waals surface area contributed by atoms with Crippen LogP contribution in [-0.4, -0.2) is 28.2 Å². The number of carbonyl (C=O) groups excluding carboxylic acids is 1. The van der Waals surface area contributed by atoms with Gasteiger partial charge in [-0.3, -0.25) is 9.78 Å². The van der Waals surface area contributed by atoms with E-state index >= 15 is 0 Å². The van der Waals surface area contributed by atoms with Gasteiger partial charge in [0.05, 0.1) is 0 Å². The molecule has 1 amide bonds. The quantitative estimate of drug-likeness (QED) is 0.861. The highest BCUT2D eigenvalue weighted by Crippen LogP contribution is 2.19. The fourth-order valence-electron chi connectivity index (χ4n) is 1.68. The van der Waals surface area contributed by atoms with Crippen LogP contribution >= 0.6 is 23.1 Å². The van der Waals surface area contributed by atoms with Crippen molar-refractivity contribution in [2.75, 3.05) is 6.26 Å². The molecule has 0 radical (unpaired) electrons. The van der Waals surface area contributed by atoms with E-state index in [1.807, 2.05) is 31.5 Å². The van der Waals surface area contributed by atoms with Crippen molar-refractivity contribution in [3.63, 3.8) is 0 Å². The average Bonchev–Trinajstić information content (AvgIpc) is 2.88. The van der Waals surface area contributed by atoms with Gasteiger partial charge in [-0.15, -0.1) is 11.3 Å². The highest BCUT2D eigenvalue weighted by Gasteiger charge is 2.13. The van der Waals surface area contributed by atoms with Gasteiger partial charge in [-0.1, -0.05) is 17.8 Å². The van der Waals surface area contributed by atoms with Crippen LogP contribution in [0, 0.1) is 0 Å². The van der Waals surface area contributed by atoms with Gasteiger partial charge >= 0.3 is 0 Å². The van der Waals surface area contributed by atoms with E-state index in [0.717, 1.165) is 16.3 Å². The van der Waals surface area contributed by atoms with Crippen LogP contribution < -0.4 is 5.32 Å². The van der Waals surface area contributed by atoms with Crippen molar-refractivity contribution in [3.05, 3.63) is 41.2 Å². The Bertz CT molecular complexity index is 542. The van der Waals surface area contributed by atoms with E-state index in [1.165, 1.54) is 11.3 Å². The third kappa shape index (κ3) is 4.04. The molecule has 2 rings (SSSR count). The van der Waals surface area contributed by atoms with Gasteiger partial charge in [0.25, 0.3) is 5.91 Å². The molecule has 1 unspecified atom stereocenters. The normalized spacial score (nSPS) is 12.1. The number of hydrogen-bond acceptors (Lipinski definition) is 5. The first kappa shape index (κ1) is 14.0. The zero-order chi connectivity index (χ0) is 13.7. The standard InChI is InChI=1S/C13H15N3OS2/c1-9(6-10-4-3-5-14-7-10)15-12(17)11-8-19-13(16-11)18-2/h3-5,7-9H,6H2,1-2H3,(H,15,17). The number of nitrogens with zero attached hydrogens (tertiary/aromatic N) is 2. The van der Waals surface area contributed by atoms with Gasteiger partial charge < -0.3 is 5.32 Å². The van der Waals surface area contributed by atoms with Crippen LogP contribution in [0.4, 0.5) is 0 Å². The molecule has 2 heterocycles. The molecule has 0 bridgehead atoms. The summed E-state index contributed by atoms with van der Waals surface area (Å²) in [7, 11) is 0. The molecule has 0 spiro atoms. The summed E-state index contributed by atoms with van der Waals surface area (Å²) in [6, 6.07) is 3.95. The van der Waals surface area contributed by atoms with Gasteiger partial charge in [0.1, 0.15) is 10.0 Å². The first-order valence-electron chi connectivity index (χ1n) is 5.88. The van der Waals surface area contributed by atoms with Gasteiger partial charge in [0.2, 0.25) is 0 Å². The zero-order valence-electron chi connectivity index (χ0n) is 10.8. The number of pyridine rings is 1. The number of thiazole rings is 1. The molecule has 0 aliphatic carbocycles. The second-order valence-electron chi connectivity index (χ2n) is 4.14. The molecule has 0 saturated carbocycles. The number of rotatable bonds is 5. The highest BCUT2D eigenvalue weighted by atomic mass is 32.2. The molecular weight excluding hydrogens is 278 g/mol. The summed E-state index contributed by atoms with van der Waals surface area (Å²) in [6.45, 7) is 1.98. The number of aromatic nitrogens is 2. The summed E-state index contributed by atoms with van der Waals surface area (Å²) in [6.07, 6.45) is 6.27.